The van der Waals surface area contributed by atoms with Gasteiger partial charge in [-0.25, -0.2) is 0 Å². The molecule has 0 spiro atoms. The average molecular weight is 281 g/mol. The van der Waals surface area contributed by atoms with Crippen LogP contribution in [0.5, 0.6) is 0 Å². The van der Waals surface area contributed by atoms with Gasteiger partial charge in [0.1, 0.15) is 0 Å². The monoisotopic (exact) mass is 281 g/mol. The fraction of sp³-hybridized carbons (Fsp3) is 0. The molecule has 0 aromatic carbocycles. The van der Waals surface area contributed by atoms with E-state index in [1.54, 1.807) is 0 Å². The Bertz CT molecular complexity index is 6.00. The molecule has 0 heterocycles. The molecule has 0 aliphatic heterocycles. The summed E-state index contributed by atoms with van der Waals surface area (Å²) in [4.78, 5) is 0. The normalized spacial score (nSPS) is 1.75. The minimum atomic E-state index is 0. The van der Waals surface area contributed by atoms with E-state index in [2.05, 4.69) is 9.58 Å². The van der Waals surface area contributed by atoms with Gasteiger partial charge in [-0.2, -0.15) is 0 Å². The zero-order valence-corrected chi connectivity index (χ0v) is 6.00. The molecule has 0 aliphatic rings. The van der Waals surface area contributed by atoms with Gasteiger partial charge in [-0.15, -0.1) is 0 Å². The van der Waals surface area contributed by atoms with Gasteiger partial charge in [0, 0.05) is 0 Å². The smallest absolute Gasteiger partial charge is 0.369 e. The standard InChI is InChI=1S/2ClH.Ir.H3N/h2*1H;;1H3/q;;+1;/p-1. The van der Waals surface area contributed by atoms with Crippen molar-refractivity contribution in [3.05, 3.63) is 0 Å². The van der Waals surface area contributed by atoms with Crippen LogP contribution in [0.3, 0.4) is 0 Å². The number of hydrogen-bond acceptors (Lipinski definition) is 0. The Morgan fingerprint density at radius 2 is 1.25 bits per heavy atom. The molecule has 0 saturated heterocycles. The van der Waals surface area contributed by atoms with Gasteiger partial charge in [0.2, 0.25) is 0 Å². The van der Waals surface area contributed by atoms with Crippen LogP contribution in [-0.2, 0) is 17.9 Å². The molecule has 4 heteroatoms. The van der Waals surface area contributed by atoms with Crippen molar-refractivity contribution in [1.29, 1.82) is 0 Å². The van der Waals surface area contributed by atoms with E-state index in [4.69, 9.17) is 0 Å². The second-order valence-electron chi connectivity index (χ2n) is 0. The summed E-state index contributed by atoms with van der Waals surface area (Å²) in [5.74, 6) is 0. The van der Waals surface area contributed by atoms with Crippen molar-refractivity contribution in [3.63, 3.8) is 0 Å². The van der Waals surface area contributed by atoms with Crippen LogP contribution in [0.15, 0.2) is 0 Å². The van der Waals surface area contributed by atoms with E-state index in [9.17, 15) is 0 Å². The molecule has 0 atom stereocenters. The minimum Gasteiger partial charge on any atom is -0.369 e. The molecule has 0 saturated carbocycles. The van der Waals surface area contributed by atoms with Crippen LogP contribution in [0.4, 0.5) is 0 Å². The van der Waals surface area contributed by atoms with E-state index in [1.807, 2.05) is 0 Å². The van der Waals surface area contributed by atoms with Crippen molar-refractivity contribution in [2.24, 2.45) is 0 Å². The molecular formula is H4Cl2IrN. The van der Waals surface area contributed by atoms with Crippen LogP contribution in [0.25, 0.3) is 0 Å². The van der Waals surface area contributed by atoms with Gasteiger partial charge in [-0.05, 0) is 0 Å². The van der Waals surface area contributed by atoms with Crippen LogP contribution in [0.2, 0.25) is 0 Å². The van der Waals surface area contributed by atoms with Crippen LogP contribution in [-0.4, -0.2) is 0 Å². The zero-order valence-electron chi connectivity index (χ0n) is 2.09. The van der Waals surface area contributed by atoms with Gasteiger partial charge in [0.15, 0.2) is 0 Å². The Kier molecular flexibility index (Phi) is 143. The molecule has 0 unspecified atom stereocenters. The van der Waals surface area contributed by atoms with Crippen LogP contribution in [0.1, 0.15) is 0 Å². The predicted molar refractivity (Wildman–Crippen MR) is 11.8 cm³/mol. The molecule has 1 nitrogen and oxygen atoms in total. The summed E-state index contributed by atoms with van der Waals surface area (Å²) in [5.41, 5.74) is 0. The molecule has 4 N–H and O–H groups in total. The van der Waals surface area contributed by atoms with Gasteiger partial charge in [-0.1, -0.05) is 0 Å². The maximum Gasteiger partial charge on any atom is -0.369 e. The second kappa shape index (κ2) is 30.1. The molecule has 0 aromatic rings. The summed E-state index contributed by atoms with van der Waals surface area (Å²) in [6, 6.07) is 0. The summed E-state index contributed by atoms with van der Waals surface area (Å²) in [5, 5.41) is 0. The van der Waals surface area contributed by atoms with Crippen molar-refractivity contribution in [1.82, 2.24) is 6.15 Å². The third-order valence-corrected chi connectivity index (χ3v) is 0. The van der Waals surface area contributed by atoms with Crippen molar-refractivity contribution in [2.45, 2.75) is 0 Å². The molecule has 32 valence electrons. The third kappa shape index (κ3) is 10.8. The van der Waals surface area contributed by atoms with E-state index in [0.29, 0.717) is 0 Å². The number of halogens is 2. The van der Waals surface area contributed by atoms with E-state index in [1.165, 1.54) is 17.9 Å². The molecule has 0 bridgehead atoms. The summed E-state index contributed by atoms with van der Waals surface area (Å²) in [6.07, 6.45) is 0. The van der Waals surface area contributed by atoms with E-state index < -0.39 is 0 Å². The first-order chi connectivity index (χ1) is 1.00. The summed E-state index contributed by atoms with van der Waals surface area (Å²) in [7, 11) is 4.64. The third-order valence-electron chi connectivity index (χ3n) is 0. The topological polar surface area (TPSA) is 36.5 Å². The molecule has 0 aliphatic carbocycles. The van der Waals surface area contributed by atoms with Crippen molar-refractivity contribution >= 4 is 9.58 Å². The maximum absolute atomic E-state index is 4.64. The summed E-state index contributed by atoms with van der Waals surface area (Å²) >= 11 is 1.47. The van der Waals surface area contributed by atoms with Gasteiger partial charge in [-0.3, -0.25) is 0 Å². The second-order valence-corrected chi connectivity index (χ2v) is 0. The van der Waals surface area contributed by atoms with E-state index >= 15 is 0 Å². The fourth-order valence-corrected chi connectivity index (χ4v) is 0. The largest absolute Gasteiger partial charge is 0.369 e. The molecule has 0 fully saturated rings. The molecule has 0 aromatic heterocycles. The summed E-state index contributed by atoms with van der Waals surface area (Å²) in [6.45, 7) is 0. The Labute approximate surface area is 46.2 Å². The number of rotatable bonds is 0. The molecular weight excluding hydrogens is 277 g/mol. The predicted octanol–water partition coefficient (Wildman–Crippen LogP) is -1.93. The Hall–Kier alpha value is 1.19. The SMILES string of the molecule is [Cl-].[Cl][Ir].[NH4+]. The maximum atomic E-state index is 4.64. The van der Waals surface area contributed by atoms with E-state index in [-0.39, 0.29) is 18.6 Å². The summed E-state index contributed by atoms with van der Waals surface area (Å²) < 4.78 is 0. The van der Waals surface area contributed by atoms with Gasteiger partial charge in [0.25, 0.3) is 0 Å². The van der Waals surface area contributed by atoms with Crippen LogP contribution < -0.4 is 18.6 Å². The van der Waals surface area contributed by atoms with Crippen LogP contribution >= 0.6 is 9.58 Å². The van der Waals surface area contributed by atoms with E-state index in [0.717, 1.165) is 0 Å². The average Bonchev–Trinajstić information content (AvgIpc) is 1.00. The fourth-order valence-electron chi connectivity index (χ4n) is 0. The van der Waals surface area contributed by atoms with Crippen molar-refractivity contribution in [2.75, 3.05) is 0 Å². The Morgan fingerprint density at radius 1 is 1.25 bits per heavy atom. The Morgan fingerprint density at radius 3 is 1.25 bits per heavy atom. The quantitative estimate of drug-likeness (QED) is 0.537. The van der Waals surface area contributed by atoms with Gasteiger partial charge < -0.3 is 18.6 Å². The van der Waals surface area contributed by atoms with Crippen molar-refractivity contribution < 1.29 is 30.3 Å². The number of quaternary nitrogens is 1. The zero-order chi connectivity index (χ0) is 2.00. The van der Waals surface area contributed by atoms with Gasteiger partial charge in [0.05, 0.1) is 0 Å². The molecule has 0 rings (SSSR count). The molecule has 4 heavy (non-hydrogen) atoms. The molecule has 0 amide bonds. The first-order valence-corrected chi connectivity index (χ1v) is 3.09. The Balaban J connectivity index is -0.00000000500. The minimum absolute atomic E-state index is 0. The first kappa shape index (κ1) is 19.0. The van der Waals surface area contributed by atoms with Crippen LogP contribution in [0, 0.1) is 0 Å². The first-order valence-electron chi connectivity index (χ1n) is 0.126. The number of hydrogen-bond donors (Lipinski definition) is 1. The van der Waals surface area contributed by atoms with Gasteiger partial charge >= 0.3 is 27.5 Å². The van der Waals surface area contributed by atoms with Crippen molar-refractivity contribution in [3.8, 4) is 0 Å². The molecule has 0 radical (unpaired) electrons.